The average Bonchev–Trinajstić information content (AvgIpc) is 3.41. The van der Waals surface area contributed by atoms with Crippen LogP contribution in [0.2, 0.25) is 0 Å². The first-order valence-corrected chi connectivity index (χ1v) is 11.2. The number of thioether (sulfide) groups is 1. The van der Waals surface area contributed by atoms with Crippen molar-refractivity contribution in [1.82, 2.24) is 35.2 Å². The number of carbonyl (C=O) groups is 3. The van der Waals surface area contributed by atoms with Crippen LogP contribution >= 0.6 is 11.8 Å². The standard InChI is InChI=1S/C22H21N7O4S/c1-3-16-15(13-25-29(16)18-6-7-19(33-2)27-26-18)20(30)24-9-10-28-21(31)17(34-22(28)32)11-14-5-4-8-23-12-14/h4-8,11-13H,3,9-10H2,1-2H3,(H,24,30)/b17-11-. The second-order valence-electron chi connectivity index (χ2n) is 7.08. The maximum atomic E-state index is 12.8. The maximum Gasteiger partial charge on any atom is 0.293 e. The first-order valence-electron chi connectivity index (χ1n) is 10.4. The van der Waals surface area contributed by atoms with E-state index in [1.165, 1.54) is 13.3 Å². The third-order valence-corrected chi connectivity index (χ3v) is 5.88. The number of nitrogens with zero attached hydrogens (tertiary/aromatic N) is 6. The molecule has 0 atom stereocenters. The Hall–Kier alpha value is -4.06. The van der Waals surface area contributed by atoms with Gasteiger partial charge in [0.05, 0.1) is 29.5 Å². The van der Waals surface area contributed by atoms with Crippen molar-refractivity contribution in [2.75, 3.05) is 20.2 Å². The van der Waals surface area contributed by atoms with E-state index in [0.29, 0.717) is 34.3 Å². The van der Waals surface area contributed by atoms with E-state index < -0.39 is 5.91 Å². The monoisotopic (exact) mass is 479 g/mol. The predicted octanol–water partition coefficient (Wildman–Crippen LogP) is 2.09. The first-order chi connectivity index (χ1) is 16.5. The minimum Gasteiger partial charge on any atom is -0.480 e. The number of aromatic nitrogens is 5. The zero-order valence-corrected chi connectivity index (χ0v) is 19.3. The molecule has 1 aliphatic heterocycles. The molecule has 1 N–H and O–H groups in total. The van der Waals surface area contributed by atoms with Crippen LogP contribution in [0.3, 0.4) is 0 Å². The molecule has 1 aliphatic rings. The number of hydrogen-bond acceptors (Lipinski definition) is 9. The molecule has 4 heterocycles. The van der Waals surface area contributed by atoms with E-state index in [4.69, 9.17) is 4.74 Å². The molecular weight excluding hydrogens is 458 g/mol. The zero-order chi connectivity index (χ0) is 24.1. The summed E-state index contributed by atoms with van der Waals surface area (Å²) >= 11 is 0.864. The van der Waals surface area contributed by atoms with Gasteiger partial charge in [-0.1, -0.05) is 13.0 Å². The second-order valence-corrected chi connectivity index (χ2v) is 8.07. The van der Waals surface area contributed by atoms with Crippen LogP contribution in [-0.2, 0) is 11.2 Å². The van der Waals surface area contributed by atoms with E-state index in [-0.39, 0.29) is 24.2 Å². The minimum absolute atomic E-state index is 0.0559. The van der Waals surface area contributed by atoms with Crippen LogP contribution in [0, 0.1) is 0 Å². The third-order valence-electron chi connectivity index (χ3n) is 4.98. The molecule has 0 spiro atoms. The highest BCUT2D eigenvalue weighted by atomic mass is 32.2. The number of pyridine rings is 1. The number of ether oxygens (including phenoxy) is 1. The summed E-state index contributed by atoms with van der Waals surface area (Å²) in [5.41, 5.74) is 1.76. The van der Waals surface area contributed by atoms with Gasteiger partial charge in [0.2, 0.25) is 5.88 Å². The van der Waals surface area contributed by atoms with Gasteiger partial charge < -0.3 is 10.1 Å². The Morgan fingerprint density at radius 2 is 2.06 bits per heavy atom. The molecule has 11 nitrogen and oxygen atoms in total. The van der Waals surface area contributed by atoms with Crippen molar-refractivity contribution in [2.45, 2.75) is 13.3 Å². The number of carbonyl (C=O) groups excluding carboxylic acids is 3. The van der Waals surface area contributed by atoms with Crippen LogP contribution in [0.4, 0.5) is 4.79 Å². The maximum absolute atomic E-state index is 12.8. The third kappa shape index (κ3) is 4.81. The highest BCUT2D eigenvalue weighted by Crippen LogP contribution is 2.31. The summed E-state index contributed by atoms with van der Waals surface area (Å²) in [7, 11) is 1.50. The molecular formula is C22H21N7O4S. The summed E-state index contributed by atoms with van der Waals surface area (Å²) in [5, 5.41) is 14.6. The van der Waals surface area contributed by atoms with E-state index in [1.54, 1.807) is 47.4 Å². The number of methoxy groups -OCH3 is 1. The fourth-order valence-electron chi connectivity index (χ4n) is 3.32. The van der Waals surface area contributed by atoms with E-state index in [0.717, 1.165) is 22.2 Å². The molecule has 34 heavy (non-hydrogen) atoms. The molecule has 0 aliphatic carbocycles. The predicted molar refractivity (Wildman–Crippen MR) is 124 cm³/mol. The second kappa shape index (κ2) is 10.3. The lowest BCUT2D eigenvalue weighted by atomic mass is 10.2. The number of imide groups is 1. The number of hydrogen-bond donors (Lipinski definition) is 1. The molecule has 0 aromatic carbocycles. The van der Waals surface area contributed by atoms with Gasteiger partial charge in [0.25, 0.3) is 17.1 Å². The summed E-state index contributed by atoms with van der Waals surface area (Å²) in [6.07, 6.45) is 6.84. The Kier molecular flexibility index (Phi) is 6.97. The van der Waals surface area contributed by atoms with Gasteiger partial charge in [-0.25, -0.2) is 4.68 Å². The first kappa shape index (κ1) is 23.1. The molecule has 0 saturated carbocycles. The molecule has 0 radical (unpaired) electrons. The molecule has 4 rings (SSSR count). The van der Waals surface area contributed by atoms with Gasteiger partial charge >= 0.3 is 0 Å². The van der Waals surface area contributed by atoms with E-state index in [1.807, 2.05) is 6.92 Å². The number of amides is 3. The molecule has 1 fully saturated rings. The van der Waals surface area contributed by atoms with Crippen LogP contribution in [0.1, 0.15) is 28.5 Å². The number of nitrogens with one attached hydrogen (secondary N) is 1. The molecule has 3 aromatic heterocycles. The molecule has 0 bridgehead atoms. The van der Waals surface area contributed by atoms with Crippen LogP contribution in [0.15, 0.2) is 47.8 Å². The van der Waals surface area contributed by atoms with Gasteiger partial charge in [0.15, 0.2) is 5.82 Å². The quantitative estimate of drug-likeness (QED) is 0.482. The van der Waals surface area contributed by atoms with Crippen molar-refractivity contribution in [2.24, 2.45) is 0 Å². The van der Waals surface area contributed by atoms with Crippen molar-refractivity contribution < 1.29 is 19.1 Å². The Balaban J connectivity index is 1.39. The van der Waals surface area contributed by atoms with Crippen LogP contribution in [-0.4, -0.2) is 67.1 Å². The van der Waals surface area contributed by atoms with Crippen molar-refractivity contribution in [3.8, 4) is 11.7 Å². The fourth-order valence-corrected chi connectivity index (χ4v) is 4.18. The lowest BCUT2D eigenvalue weighted by Gasteiger charge is -2.13. The topological polar surface area (TPSA) is 132 Å². The van der Waals surface area contributed by atoms with Crippen LogP contribution in [0.25, 0.3) is 11.9 Å². The summed E-state index contributed by atoms with van der Waals surface area (Å²) in [6.45, 7) is 2.06. The van der Waals surface area contributed by atoms with Gasteiger partial charge in [-0.2, -0.15) is 5.10 Å². The Labute approximate surface area is 199 Å². The molecule has 1 saturated heterocycles. The van der Waals surface area contributed by atoms with Crippen molar-refractivity contribution in [1.29, 1.82) is 0 Å². The minimum atomic E-state index is -0.395. The van der Waals surface area contributed by atoms with Gasteiger partial charge in [0, 0.05) is 31.5 Å². The molecule has 3 aromatic rings. The van der Waals surface area contributed by atoms with Crippen LogP contribution < -0.4 is 10.1 Å². The average molecular weight is 480 g/mol. The normalized spacial score (nSPS) is 14.6. The van der Waals surface area contributed by atoms with Crippen LogP contribution in [0.5, 0.6) is 5.88 Å². The summed E-state index contributed by atoms with van der Waals surface area (Å²) in [4.78, 5) is 43.1. The van der Waals surface area contributed by atoms with Gasteiger partial charge in [-0.15, -0.1) is 10.2 Å². The molecule has 3 amide bonds. The Morgan fingerprint density at radius 1 is 1.21 bits per heavy atom. The fraction of sp³-hybridized carbons (Fsp3) is 0.227. The summed E-state index contributed by atoms with van der Waals surface area (Å²) in [6, 6.07) is 6.89. The smallest absolute Gasteiger partial charge is 0.293 e. The summed E-state index contributed by atoms with van der Waals surface area (Å²) < 4.78 is 6.56. The highest BCUT2D eigenvalue weighted by Gasteiger charge is 2.34. The number of rotatable bonds is 8. The summed E-state index contributed by atoms with van der Waals surface area (Å²) in [5.74, 6) is 0.0696. The van der Waals surface area contributed by atoms with Crippen molar-refractivity contribution in [3.63, 3.8) is 0 Å². The lowest BCUT2D eigenvalue weighted by Crippen LogP contribution is -2.37. The highest BCUT2D eigenvalue weighted by molar-refractivity contribution is 8.18. The van der Waals surface area contributed by atoms with Crippen molar-refractivity contribution >= 4 is 34.9 Å². The molecule has 174 valence electrons. The van der Waals surface area contributed by atoms with E-state index in [9.17, 15) is 14.4 Å². The largest absolute Gasteiger partial charge is 0.480 e. The Morgan fingerprint density at radius 3 is 2.74 bits per heavy atom. The van der Waals surface area contributed by atoms with Crippen molar-refractivity contribution in [3.05, 3.63) is 64.6 Å². The van der Waals surface area contributed by atoms with E-state index >= 15 is 0 Å². The van der Waals surface area contributed by atoms with E-state index in [2.05, 4.69) is 25.6 Å². The lowest BCUT2D eigenvalue weighted by molar-refractivity contribution is -0.122. The van der Waals surface area contributed by atoms with Gasteiger partial charge in [-0.3, -0.25) is 24.3 Å². The zero-order valence-electron chi connectivity index (χ0n) is 18.5. The molecule has 12 heteroatoms. The van der Waals surface area contributed by atoms with Gasteiger partial charge in [-0.05, 0) is 42.0 Å². The Bertz CT molecular complexity index is 1240. The molecule has 0 unspecified atom stereocenters. The SMILES string of the molecule is CCc1c(C(=O)NCCN2C(=O)S/C(=C\c3cccnc3)C2=O)cnn1-c1ccc(OC)nn1. The van der Waals surface area contributed by atoms with Gasteiger partial charge in [0.1, 0.15) is 0 Å².